The zero-order chi connectivity index (χ0) is 37.0. The molecule has 0 bridgehead atoms. The van der Waals surface area contributed by atoms with Crippen LogP contribution in [0, 0.1) is 0 Å². The predicted octanol–water partition coefficient (Wildman–Crippen LogP) is 12.6. The first-order valence-corrected chi connectivity index (χ1v) is 18.6. The number of hydrogen-bond donors (Lipinski definition) is 0. The topological polar surface area (TPSA) is 69.6 Å². The molecule has 11 aromatic rings. The van der Waals surface area contributed by atoms with E-state index in [4.69, 9.17) is 19.4 Å². The van der Waals surface area contributed by atoms with Crippen molar-refractivity contribution in [1.82, 2.24) is 24.5 Å². The molecule has 0 spiro atoms. The van der Waals surface area contributed by atoms with Crippen LogP contribution in [0.5, 0.6) is 0 Å². The van der Waals surface area contributed by atoms with Gasteiger partial charge in [0.05, 0.1) is 17.2 Å². The van der Waals surface area contributed by atoms with E-state index in [1.54, 1.807) is 6.20 Å². The normalized spacial score (nSPS) is 11.6. The summed E-state index contributed by atoms with van der Waals surface area (Å²) in [5.74, 6) is 1.68. The number of rotatable bonds is 6. The number of fused-ring (bicyclic) bond motifs is 6. The summed E-state index contributed by atoms with van der Waals surface area (Å²) in [4.78, 5) is 19.9. The van der Waals surface area contributed by atoms with Crippen LogP contribution in [-0.4, -0.2) is 24.5 Å². The summed E-state index contributed by atoms with van der Waals surface area (Å²) in [7, 11) is 0. The number of furan rings is 1. The van der Waals surface area contributed by atoms with E-state index >= 15 is 0 Å². The van der Waals surface area contributed by atoms with Gasteiger partial charge in [0.25, 0.3) is 0 Å². The number of aromatic nitrogens is 5. The lowest BCUT2D eigenvalue weighted by Crippen LogP contribution is -2.01. The minimum Gasteiger partial charge on any atom is -0.454 e. The van der Waals surface area contributed by atoms with Gasteiger partial charge in [0.15, 0.2) is 23.1 Å². The average molecular weight is 718 g/mol. The minimum absolute atomic E-state index is 0.528. The Morgan fingerprint density at radius 3 is 1.70 bits per heavy atom. The summed E-state index contributed by atoms with van der Waals surface area (Å²) in [5, 5.41) is 4.39. The van der Waals surface area contributed by atoms with Crippen LogP contribution in [0.15, 0.2) is 193 Å². The van der Waals surface area contributed by atoms with Crippen LogP contribution in [0.2, 0.25) is 0 Å². The molecule has 0 unspecified atom stereocenters. The molecule has 0 aliphatic carbocycles. The zero-order valence-corrected chi connectivity index (χ0v) is 30.0. The van der Waals surface area contributed by atoms with Crippen molar-refractivity contribution >= 4 is 43.7 Å². The molecule has 0 aliphatic rings. The van der Waals surface area contributed by atoms with Crippen LogP contribution in [0.3, 0.4) is 0 Å². The van der Waals surface area contributed by atoms with Crippen LogP contribution in [0.4, 0.5) is 0 Å². The molecule has 0 atom stereocenters. The fourth-order valence-electron chi connectivity index (χ4n) is 7.91. The molecule has 0 fully saturated rings. The van der Waals surface area contributed by atoms with E-state index in [1.807, 2.05) is 30.5 Å². The van der Waals surface area contributed by atoms with Gasteiger partial charge in [-0.1, -0.05) is 140 Å². The van der Waals surface area contributed by atoms with Crippen LogP contribution < -0.4 is 0 Å². The second-order valence-corrected chi connectivity index (χ2v) is 13.9. The third-order valence-electron chi connectivity index (χ3n) is 10.6. The standard InChI is InChI=1S/C50H31N5O/c1-2-12-32(13-3-1)33-24-26-34(27-25-33)48-52-49(54-50(53-48)42-30-51-31-46-47(42)41-20-6-9-23-45(41)56-46)37-16-10-14-35(28-37)36-15-11-17-38(29-36)55-43-21-7-4-18-39(43)40-19-5-8-22-44(40)55/h1-31H. The van der Waals surface area contributed by atoms with Crippen molar-refractivity contribution in [2.75, 3.05) is 0 Å². The summed E-state index contributed by atoms with van der Waals surface area (Å²) in [5.41, 5.74) is 11.9. The molecule has 0 N–H and O–H groups in total. The van der Waals surface area contributed by atoms with Crippen LogP contribution in [0.25, 0.3) is 106 Å². The van der Waals surface area contributed by atoms with Crippen LogP contribution in [-0.2, 0) is 0 Å². The molecule has 0 radical (unpaired) electrons. The summed E-state index contributed by atoms with van der Waals surface area (Å²) >= 11 is 0. The third-order valence-corrected chi connectivity index (χ3v) is 10.6. The second-order valence-electron chi connectivity index (χ2n) is 13.9. The van der Waals surface area contributed by atoms with Crippen molar-refractivity contribution in [3.63, 3.8) is 0 Å². The highest BCUT2D eigenvalue weighted by Gasteiger charge is 2.19. The quantitative estimate of drug-likeness (QED) is 0.171. The van der Waals surface area contributed by atoms with Gasteiger partial charge in [-0.25, -0.2) is 15.0 Å². The molecular weight excluding hydrogens is 687 g/mol. The molecular formula is C50H31N5O. The van der Waals surface area contributed by atoms with Gasteiger partial charge >= 0.3 is 0 Å². The Hall–Kier alpha value is -7.70. The summed E-state index contributed by atoms with van der Waals surface area (Å²) in [6, 6.07) is 61.1. The van der Waals surface area contributed by atoms with E-state index < -0.39 is 0 Å². The summed E-state index contributed by atoms with van der Waals surface area (Å²) < 4.78 is 8.56. The van der Waals surface area contributed by atoms with Gasteiger partial charge in [0.1, 0.15) is 5.58 Å². The van der Waals surface area contributed by atoms with Gasteiger partial charge in [-0.3, -0.25) is 4.98 Å². The van der Waals surface area contributed by atoms with Gasteiger partial charge in [0.2, 0.25) is 0 Å². The Labute approximate surface area is 322 Å². The fourth-order valence-corrected chi connectivity index (χ4v) is 7.91. The first-order chi connectivity index (χ1) is 27.7. The Balaban J connectivity index is 1.06. The molecule has 262 valence electrons. The van der Waals surface area contributed by atoms with Crippen LogP contribution in [0.1, 0.15) is 0 Å². The van der Waals surface area contributed by atoms with Crippen molar-refractivity contribution in [2.45, 2.75) is 0 Å². The molecule has 4 aromatic heterocycles. The monoisotopic (exact) mass is 717 g/mol. The number of para-hydroxylation sites is 3. The van der Waals surface area contributed by atoms with Gasteiger partial charge in [-0.05, 0) is 58.7 Å². The first-order valence-electron chi connectivity index (χ1n) is 18.6. The highest BCUT2D eigenvalue weighted by atomic mass is 16.3. The maximum atomic E-state index is 6.21. The predicted molar refractivity (Wildman–Crippen MR) is 226 cm³/mol. The second kappa shape index (κ2) is 13.0. The minimum atomic E-state index is 0.528. The van der Waals surface area contributed by atoms with E-state index in [0.717, 1.165) is 61.0 Å². The summed E-state index contributed by atoms with van der Waals surface area (Å²) in [6.07, 6.45) is 3.57. The molecule has 0 saturated heterocycles. The maximum absolute atomic E-state index is 6.21. The van der Waals surface area contributed by atoms with Gasteiger partial charge in [-0.15, -0.1) is 0 Å². The number of benzene rings is 7. The highest BCUT2D eigenvalue weighted by Crippen LogP contribution is 2.37. The maximum Gasteiger partial charge on any atom is 0.166 e. The molecule has 6 heteroatoms. The van der Waals surface area contributed by atoms with Crippen molar-refractivity contribution in [3.05, 3.63) is 188 Å². The zero-order valence-electron chi connectivity index (χ0n) is 30.0. The average Bonchev–Trinajstić information content (AvgIpc) is 3.83. The molecule has 0 aliphatic heterocycles. The first kappa shape index (κ1) is 31.8. The van der Waals surface area contributed by atoms with Crippen LogP contribution >= 0.6 is 0 Å². The lowest BCUT2D eigenvalue weighted by Gasteiger charge is -2.12. The van der Waals surface area contributed by atoms with Crippen molar-refractivity contribution < 1.29 is 4.42 Å². The molecule has 11 rings (SSSR count). The Morgan fingerprint density at radius 1 is 0.375 bits per heavy atom. The molecule has 0 saturated carbocycles. The smallest absolute Gasteiger partial charge is 0.166 e. The largest absolute Gasteiger partial charge is 0.454 e. The Kier molecular flexibility index (Phi) is 7.38. The lowest BCUT2D eigenvalue weighted by molar-refractivity contribution is 0.667. The number of hydrogen-bond acceptors (Lipinski definition) is 5. The van der Waals surface area contributed by atoms with E-state index in [1.165, 1.54) is 21.8 Å². The van der Waals surface area contributed by atoms with E-state index in [9.17, 15) is 0 Å². The molecule has 56 heavy (non-hydrogen) atoms. The van der Waals surface area contributed by atoms with Gasteiger partial charge in [0, 0.05) is 50.1 Å². The number of nitrogens with zero attached hydrogens (tertiary/aromatic N) is 5. The van der Waals surface area contributed by atoms with Crippen molar-refractivity contribution in [1.29, 1.82) is 0 Å². The van der Waals surface area contributed by atoms with E-state index in [0.29, 0.717) is 23.1 Å². The molecule has 4 heterocycles. The molecule has 0 amide bonds. The third kappa shape index (κ3) is 5.35. The Bertz CT molecular complexity index is 3200. The Morgan fingerprint density at radius 2 is 0.929 bits per heavy atom. The number of pyridine rings is 1. The fraction of sp³-hybridized carbons (Fsp3) is 0. The van der Waals surface area contributed by atoms with Crippen molar-refractivity contribution in [3.8, 4) is 62.1 Å². The summed E-state index contributed by atoms with van der Waals surface area (Å²) in [6.45, 7) is 0. The lowest BCUT2D eigenvalue weighted by atomic mass is 10.0. The van der Waals surface area contributed by atoms with Crippen molar-refractivity contribution in [2.24, 2.45) is 0 Å². The highest BCUT2D eigenvalue weighted by molar-refractivity contribution is 6.11. The van der Waals surface area contributed by atoms with E-state index in [2.05, 4.69) is 161 Å². The SMILES string of the molecule is c1ccc(-c2ccc(-c3nc(-c4cccc(-c5cccc(-n6c7ccccc7c7ccccc76)c5)c4)nc(-c4cncc5oc6ccccc6c45)n3)cc2)cc1. The molecule has 7 aromatic carbocycles. The van der Waals surface area contributed by atoms with E-state index in [-0.39, 0.29) is 0 Å². The van der Waals surface area contributed by atoms with Gasteiger partial charge in [-0.2, -0.15) is 0 Å². The van der Waals surface area contributed by atoms with Gasteiger partial charge < -0.3 is 8.98 Å². The molecule has 6 nitrogen and oxygen atoms in total.